The fraction of sp³-hybridized carbons (Fsp3) is 0.308. The van der Waals surface area contributed by atoms with Crippen LogP contribution >= 0.6 is 11.3 Å². The predicted octanol–water partition coefficient (Wildman–Crippen LogP) is 2.90. The second-order valence-electron chi connectivity index (χ2n) is 3.84. The zero-order valence-corrected chi connectivity index (χ0v) is 10.8. The summed E-state index contributed by atoms with van der Waals surface area (Å²) in [5.41, 5.74) is 2.63. The van der Waals surface area contributed by atoms with Gasteiger partial charge < -0.3 is 5.32 Å². The highest BCUT2D eigenvalue weighted by Gasteiger charge is 2.02. The number of aryl methyl sites for hydroxylation is 1. The van der Waals surface area contributed by atoms with Crippen molar-refractivity contribution in [3.05, 3.63) is 46.4 Å². The van der Waals surface area contributed by atoms with Crippen LogP contribution in [0.4, 0.5) is 0 Å². The Bertz CT molecular complexity index is 484. The molecule has 17 heavy (non-hydrogen) atoms. The third-order valence-corrected chi connectivity index (χ3v) is 3.64. The Balaban J connectivity index is 1.85. The maximum atomic E-state index is 4.15. The van der Waals surface area contributed by atoms with Crippen LogP contribution in [0.1, 0.15) is 22.9 Å². The largest absolute Gasteiger partial charge is 0.308 e. The van der Waals surface area contributed by atoms with Crippen molar-refractivity contribution in [2.24, 2.45) is 0 Å². The summed E-state index contributed by atoms with van der Waals surface area (Å²) in [5, 5.41) is 9.74. The van der Waals surface area contributed by atoms with Gasteiger partial charge in [-0.3, -0.25) is 0 Å². The first-order chi connectivity index (χ1) is 8.33. The first-order valence-corrected chi connectivity index (χ1v) is 6.63. The molecule has 0 atom stereocenters. The van der Waals surface area contributed by atoms with Gasteiger partial charge in [-0.25, -0.2) is 4.68 Å². The average Bonchev–Trinajstić information content (AvgIpc) is 2.97. The smallest absolute Gasteiger partial charge is 0.0538 e. The van der Waals surface area contributed by atoms with E-state index in [0.717, 1.165) is 19.5 Å². The number of nitrogens with zero attached hydrogens (tertiary/aromatic N) is 2. The van der Waals surface area contributed by atoms with Gasteiger partial charge in [0.1, 0.15) is 0 Å². The molecule has 2 aromatic heterocycles. The first kappa shape index (κ1) is 12.1. The zero-order chi connectivity index (χ0) is 12.1. The minimum absolute atomic E-state index is 0.842. The lowest BCUT2D eigenvalue weighted by Crippen LogP contribution is -2.12. The minimum atomic E-state index is 0.842. The van der Waals surface area contributed by atoms with E-state index in [1.807, 2.05) is 23.7 Å². The van der Waals surface area contributed by atoms with Crippen LogP contribution in [0.3, 0.4) is 0 Å². The van der Waals surface area contributed by atoms with Gasteiger partial charge in [-0.1, -0.05) is 13.5 Å². The van der Waals surface area contributed by atoms with Crippen LogP contribution in [0.15, 0.2) is 30.4 Å². The Labute approximate surface area is 106 Å². The fourth-order valence-corrected chi connectivity index (χ4v) is 2.67. The quantitative estimate of drug-likeness (QED) is 0.850. The highest BCUT2D eigenvalue weighted by atomic mass is 32.1. The molecular formula is C13H17N3S. The summed E-state index contributed by atoms with van der Waals surface area (Å²) >= 11 is 1.82. The van der Waals surface area contributed by atoms with Gasteiger partial charge in [0, 0.05) is 35.9 Å². The SMILES string of the molecule is C=Cn1cc(CNCc2sccc2CC)cn1. The highest BCUT2D eigenvalue weighted by Crippen LogP contribution is 2.17. The number of aromatic nitrogens is 2. The predicted molar refractivity (Wildman–Crippen MR) is 72.9 cm³/mol. The maximum absolute atomic E-state index is 4.15. The number of hydrogen-bond donors (Lipinski definition) is 1. The standard InChI is InChI=1S/C13H17N3S/c1-3-12-5-6-17-13(12)9-14-7-11-8-15-16(4-2)10-11/h4-6,8,10,14H,2-3,7,9H2,1H3. The third-order valence-electron chi connectivity index (χ3n) is 2.68. The highest BCUT2D eigenvalue weighted by molar-refractivity contribution is 7.10. The molecule has 0 bridgehead atoms. The van der Waals surface area contributed by atoms with E-state index in [9.17, 15) is 0 Å². The topological polar surface area (TPSA) is 29.9 Å². The van der Waals surface area contributed by atoms with Crippen molar-refractivity contribution in [1.29, 1.82) is 0 Å². The molecule has 0 aromatic carbocycles. The maximum Gasteiger partial charge on any atom is 0.0538 e. The summed E-state index contributed by atoms with van der Waals surface area (Å²) in [6.07, 6.45) is 6.64. The average molecular weight is 247 g/mol. The van der Waals surface area contributed by atoms with Crippen LogP contribution in [-0.4, -0.2) is 9.78 Å². The lowest BCUT2D eigenvalue weighted by molar-refractivity contribution is 0.697. The molecule has 0 aliphatic rings. The summed E-state index contributed by atoms with van der Waals surface area (Å²) in [6, 6.07) is 2.21. The van der Waals surface area contributed by atoms with E-state index in [1.54, 1.807) is 10.9 Å². The van der Waals surface area contributed by atoms with Crippen molar-refractivity contribution in [1.82, 2.24) is 15.1 Å². The lowest BCUT2D eigenvalue weighted by Gasteiger charge is -2.03. The van der Waals surface area contributed by atoms with Gasteiger partial charge in [0.15, 0.2) is 0 Å². The Hall–Kier alpha value is -1.39. The molecule has 0 radical (unpaired) electrons. The van der Waals surface area contributed by atoms with Crippen molar-refractivity contribution in [2.75, 3.05) is 0 Å². The second kappa shape index (κ2) is 5.80. The van der Waals surface area contributed by atoms with Crippen LogP contribution < -0.4 is 5.32 Å². The van der Waals surface area contributed by atoms with E-state index >= 15 is 0 Å². The summed E-state index contributed by atoms with van der Waals surface area (Å²) in [7, 11) is 0. The Morgan fingerprint density at radius 2 is 2.41 bits per heavy atom. The third kappa shape index (κ3) is 3.05. The molecule has 2 rings (SSSR count). The Morgan fingerprint density at radius 3 is 3.12 bits per heavy atom. The van der Waals surface area contributed by atoms with Crippen LogP contribution in [0.2, 0.25) is 0 Å². The molecular weight excluding hydrogens is 230 g/mol. The van der Waals surface area contributed by atoms with Crippen molar-refractivity contribution >= 4 is 17.5 Å². The Morgan fingerprint density at radius 1 is 1.53 bits per heavy atom. The van der Waals surface area contributed by atoms with Gasteiger partial charge >= 0.3 is 0 Å². The van der Waals surface area contributed by atoms with Crippen LogP contribution in [0.5, 0.6) is 0 Å². The number of hydrogen-bond acceptors (Lipinski definition) is 3. The number of nitrogens with one attached hydrogen (secondary N) is 1. The van der Waals surface area contributed by atoms with E-state index in [1.165, 1.54) is 16.0 Å². The van der Waals surface area contributed by atoms with E-state index < -0.39 is 0 Å². The van der Waals surface area contributed by atoms with Gasteiger partial charge in [-0.05, 0) is 23.4 Å². The van der Waals surface area contributed by atoms with Crippen LogP contribution in [0.25, 0.3) is 6.20 Å². The van der Waals surface area contributed by atoms with E-state index in [2.05, 4.69) is 35.4 Å². The molecule has 0 fully saturated rings. The van der Waals surface area contributed by atoms with Gasteiger partial charge in [0.05, 0.1) is 6.20 Å². The molecule has 0 saturated heterocycles. The Kier molecular flexibility index (Phi) is 4.12. The molecule has 0 saturated carbocycles. The monoisotopic (exact) mass is 247 g/mol. The molecule has 0 amide bonds. The fourth-order valence-electron chi connectivity index (χ4n) is 1.73. The molecule has 0 aliphatic carbocycles. The number of thiophene rings is 1. The molecule has 0 spiro atoms. The molecule has 1 N–H and O–H groups in total. The minimum Gasteiger partial charge on any atom is -0.308 e. The van der Waals surface area contributed by atoms with Gasteiger partial charge in [0.25, 0.3) is 0 Å². The van der Waals surface area contributed by atoms with Crippen molar-refractivity contribution in [2.45, 2.75) is 26.4 Å². The summed E-state index contributed by atoms with van der Waals surface area (Å²) in [5.74, 6) is 0. The van der Waals surface area contributed by atoms with Crippen molar-refractivity contribution < 1.29 is 0 Å². The van der Waals surface area contributed by atoms with E-state index in [-0.39, 0.29) is 0 Å². The second-order valence-corrected chi connectivity index (χ2v) is 4.84. The first-order valence-electron chi connectivity index (χ1n) is 5.75. The van der Waals surface area contributed by atoms with Gasteiger partial charge in [-0.2, -0.15) is 5.10 Å². The normalized spacial score (nSPS) is 10.6. The van der Waals surface area contributed by atoms with Crippen LogP contribution in [0, 0.1) is 0 Å². The summed E-state index contributed by atoms with van der Waals surface area (Å²) in [6.45, 7) is 7.64. The molecule has 3 nitrogen and oxygen atoms in total. The molecule has 0 unspecified atom stereocenters. The van der Waals surface area contributed by atoms with E-state index in [0.29, 0.717) is 0 Å². The molecule has 90 valence electrons. The van der Waals surface area contributed by atoms with Crippen molar-refractivity contribution in [3.8, 4) is 0 Å². The van der Waals surface area contributed by atoms with Crippen molar-refractivity contribution in [3.63, 3.8) is 0 Å². The van der Waals surface area contributed by atoms with Gasteiger partial charge in [0.2, 0.25) is 0 Å². The lowest BCUT2D eigenvalue weighted by atomic mass is 10.2. The number of rotatable bonds is 6. The molecule has 2 heterocycles. The molecule has 0 aliphatic heterocycles. The summed E-state index contributed by atoms with van der Waals surface area (Å²) < 4.78 is 1.72. The molecule has 2 aromatic rings. The molecule has 4 heteroatoms. The zero-order valence-electron chi connectivity index (χ0n) is 10.0. The van der Waals surface area contributed by atoms with Crippen LogP contribution in [-0.2, 0) is 19.5 Å². The van der Waals surface area contributed by atoms with Gasteiger partial charge in [-0.15, -0.1) is 11.3 Å². The summed E-state index contributed by atoms with van der Waals surface area (Å²) in [4.78, 5) is 1.43. The van der Waals surface area contributed by atoms with E-state index in [4.69, 9.17) is 0 Å².